The summed E-state index contributed by atoms with van der Waals surface area (Å²) in [5.74, 6) is 0.517. The van der Waals surface area contributed by atoms with E-state index < -0.39 is 0 Å². The van der Waals surface area contributed by atoms with E-state index in [0.717, 1.165) is 24.2 Å². The lowest BCUT2D eigenvalue weighted by Crippen LogP contribution is -2.17. The molecule has 122 valence electrons. The van der Waals surface area contributed by atoms with Crippen LogP contribution in [-0.4, -0.2) is 32.3 Å². The molecule has 0 atom stereocenters. The quantitative estimate of drug-likeness (QED) is 0.683. The lowest BCUT2D eigenvalue weighted by molar-refractivity contribution is 0.319. The van der Waals surface area contributed by atoms with Crippen LogP contribution in [0.5, 0.6) is 0 Å². The highest BCUT2D eigenvalue weighted by molar-refractivity contribution is 7.94. The van der Waals surface area contributed by atoms with Crippen LogP contribution in [0.15, 0.2) is 59.8 Å². The second kappa shape index (κ2) is 7.94. The van der Waals surface area contributed by atoms with Gasteiger partial charge in [0.2, 0.25) is 5.82 Å². The Bertz CT molecular complexity index is 765. The molecule has 24 heavy (non-hydrogen) atoms. The Hall–Kier alpha value is -2.38. The number of benzene rings is 2. The van der Waals surface area contributed by atoms with Gasteiger partial charge in [-0.25, -0.2) is 0 Å². The van der Waals surface area contributed by atoms with E-state index in [9.17, 15) is 3.89 Å². The average molecular weight is 341 g/mol. The van der Waals surface area contributed by atoms with Crippen molar-refractivity contribution >= 4 is 12.1 Å². The second-order valence-electron chi connectivity index (χ2n) is 5.46. The third kappa shape index (κ3) is 4.33. The molecule has 0 aliphatic heterocycles. The van der Waals surface area contributed by atoms with E-state index >= 15 is 0 Å². The molecule has 0 saturated heterocycles. The summed E-state index contributed by atoms with van der Waals surface area (Å²) < 4.78 is 12.5. The third-order valence-corrected chi connectivity index (χ3v) is 3.99. The van der Waals surface area contributed by atoms with Crippen molar-refractivity contribution in [3.05, 3.63) is 66.0 Å². The minimum atomic E-state index is 0.266. The standard InChI is InChI=1S/C17H16FN5S/c1-23(11-14-4-8-16(24-18)9-5-14)10-13-2-6-15(7-3-13)17-21-19-12-20-22-17/h2-9,12H,10-11H2,1H3. The van der Waals surface area contributed by atoms with E-state index in [2.05, 4.69) is 32.3 Å². The molecule has 0 fully saturated rings. The molecule has 0 unspecified atom stereocenters. The largest absolute Gasteiger partial charge is 0.298 e. The van der Waals surface area contributed by atoms with Gasteiger partial charge in [-0.05, 0) is 30.3 Å². The van der Waals surface area contributed by atoms with E-state index in [4.69, 9.17) is 0 Å². The summed E-state index contributed by atoms with van der Waals surface area (Å²) >= 11 is 0.266. The number of aromatic nitrogens is 4. The molecule has 0 radical (unpaired) electrons. The van der Waals surface area contributed by atoms with Gasteiger partial charge < -0.3 is 0 Å². The molecular formula is C17H16FN5S. The summed E-state index contributed by atoms with van der Waals surface area (Å²) in [5, 5.41) is 15.4. The highest BCUT2D eigenvalue weighted by Crippen LogP contribution is 2.20. The number of hydrogen-bond donors (Lipinski definition) is 0. The van der Waals surface area contributed by atoms with E-state index in [1.165, 1.54) is 11.9 Å². The molecule has 0 aliphatic carbocycles. The van der Waals surface area contributed by atoms with E-state index in [1.807, 2.05) is 36.4 Å². The lowest BCUT2D eigenvalue weighted by atomic mass is 10.1. The van der Waals surface area contributed by atoms with Crippen LogP contribution in [0, 0.1) is 0 Å². The molecule has 0 amide bonds. The average Bonchev–Trinajstić information content (AvgIpc) is 2.64. The van der Waals surface area contributed by atoms with Crippen LogP contribution in [0.25, 0.3) is 11.4 Å². The van der Waals surface area contributed by atoms with Crippen molar-refractivity contribution < 1.29 is 3.89 Å². The maximum atomic E-state index is 12.5. The van der Waals surface area contributed by atoms with Crippen molar-refractivity contribution in [3.63, 3.8) is 0 Å². The minimum absolute atomic E-state index is 0.266. The zero-order valence-electron chi connectivity index (χ0n) is 13.1. The van der Waals surface area contributed by atoms with Crippen LogP contribution < -0.4 is 0 Å². The molecule has 0 saturated carbocycles. The van der Waals surface area contributed by atoms with Gasteiger partial charge in [0, 0.05) is 23.5 Å². The Morgan fingerprint density at radius 1 is 0.875 bits per heavy atom. The van der Waals surface area contributed by atoms with Crippen LogP contribution in [0.1, 0.15) is 11.1 Å². The Morgan fingerprint density at radius 2 is 1.42 bits per heavy atom. The summed E-state index contributed by atoms with van der Waals surface area (Å²) in [7, 11) is 2.06. The second-order valence-corrected chi connectivity index (χ2v) is 6.09. The zero-order valence-corrected chi connectivity index (χ0v) is 13.9. The van der Waals surface area contributed by atoms with Crippen LogP contribution >= 0.6 is 12.1 Å². The number of nitrogens with zero attached hydrogens (tertiary/aromatic N) is 5. The molecule has 1 aromatic heterocycles. The first-order valence-corrected chi connectivity index (χ1v) is 8.12. The molecule has 0 spiro atoms. The predicted molar refractivity (Wildman–Crippen MR) is 91.6 cm³/mol. The van der Waals surface area contributed by atoms with Crippen molar-refractivity contribution in [2.75, 3.05) is 7.05 Å². The normalized spacial score (nSPS) is 11.0. The van der Waals surface area contributed by atoms with Crippen LogP contribution in [0.4, 0.5) is 3.89 Å². The van der Waals surface area contributed by atoms with Crippen LogP contribution in [-0.2, 0) is 13.1 Å². The third-order valence-electron chi connectivity index (χ3n) is 3.54. The summed E-state index contributed by atoms with van der Waals surface area (Å²) in [4.78, 5) is 2.83. The van der Waals surface area contributed by atoms with Gasteiger partial charge >= 0.3 is 0 Å². The molecular weight excluding hydrogens is 325 g/mol. The van der Waals surface area contributed by atoms with Gasteiger partial charge in [-0.1, -0.05) is 36.4 Å². The lowest BCUT2D eigenvalue weighted by Gasteiger charge is -2.17. The fraction of sp³-hybridized carbons (Fsp3) is 0.176. The monoisotopic (exact) mass is 341 g/mol. The SMILES string of the molecule is CN(Cc1ccc(SF)cc1)Cc1ccc(-c2nncnn2)cc1. The molecule has 0 bridgehead atoms. The van der Waals surface area contributed by atoms with Crippen molar-refractivity contribution in [1.82, 2.24) is 25.3 Å². The Balaban J connectivity index is 1.60. The van der Waals surface area contributed by atoms with E-state index in [0.29, 0.717) is 10.7 Å². The molecule has 2 aromatic carbocycles. The fourth-order valence-corrected chi connectivity index (χ4v) is 2.64. The number of rotatable bonds is 6. The minimum Gasteiger partial charge on any atom is -0.298 e. The maximum absolute atomic E-state index is 12.5. The van der Waals surface area contributed by atoms with E-state index in [-0.39, 0.29) is 12.1 Å². The van der Waals surface area contributed by atoms with Gasteiger partial charge in [0.05, 0.1) is 12.1 Å². The number of hydrogen-bond acceptors (Lipinski definition) is 6. The predicted octanol–water partition coefficient (Wildman–Crippen LogP) is 3.54. The Labute approximate surface area is 144 Å². The molecule has 3 rings (SSSR count). The number of halogens is 1. The van der Waals surface area contributed by atoms with Crippen molar-refractivity contribution in [2.45, 2.75) is 18.0 Å². The maximum Gasteiger partial charge on any atom is 0.203 e. The smallest absolute Gasteiger partial charge is 0.203 e. The zero-order chi connectivity index (χ0) is 16.8. The first-order chi connectivity index (χ1) is 11.7. The molecule has 3 aromatic rings. The molecule has 0 aliphatic rings. The van der Waals surface area contributed by atoms with Gasteiger partial charge in [-0.15, -0.1) is 20.4 Å². The molecule has 0 N–H and O–H groups in total. The van der Waals surface area contributed by atoms with Gasteiger partial charge in [0.1, 0.15) is 0 Å². The Kier molecular flexibility index (Phi) is 5.45. The first-order valence-electron chi connectivity index (χ1n) is 7.40. The summed E-state index contributed by atoms with van der Waals surface area (Å²) in [6.07, 6.45) is 1.31. The van der Waals surface area contributed by atoms with Crippen LogP contribution in [0.2, 0.25) is 0 Å². The topological polar surface area (TPSA) is 54.8 Å². The van der Waals surface area contributed by atoms with Gasteiger partial charge in [-0.3, -0.25) is 4.90 Å². The summed E-state index contributed by atoms with van der Waals surface area (Å²) in [5.41, 5.74) is 3.23. The highest BCUT2D eigenvalue weighted by atomic mass is 32.2. The summed E-state index contributed by atoms with van der Waals surface area (Å²) in [6, 6.07) is 15.5. The van der Waals surface area contributed by atoms with Crippen molar-refractivity contribution in [3.8, 4) is 11.4 Å². The summed E-state index contributed by atoms with van der Waals surface area (Å²) in [6.45, 7) is 1.61. The van der Waals surface area contributed by atoms with E-state index in [1.54, 1.807) is 12.1 Å². The fourth-order valence-electron chi connectivity index (χ4n) is 2.40. The van der Waals surface area contributed by atoms with Crippen LogP contribution in [0.3, 0.4) is 0 Å². The first kappa shape index (κ1) is 16.5. The highest BCUT2D eigenvalue weighted by Gasteiger charge is 2.05. The molecule has 1 heterocycles. The molecule has 7 heteroatoms. The Morgan fingerprint density at radius 3 is 1.96 bits per heavy atom. The van der Waals surface area contributed by atoms with Gasteiger partial charge in [0.25, 0.3) is 0 Å². The molecule has 5 nitrogen and oxygen atoms in total. The van der Waals surface area contributed by atoms with Gasteiger partial charge in [-0.2, -0.15) is 3.89 Å². The van der Waals surface area contributed by atoms with Crippen molar-refractivity contribution in [2.24, 2.45) is 0 Å². The van der Waals surface area contributed by atoms with Crippen molar-refractivity contribution in [1.29, 1.82) is 0 Å². The van der Waals surface area contributed by atoms with Gasteiger partial charge in [0.15, 0.2) is 6.33 Å².